The lowest BCUT2D eigenvalue weighted by atomic mass is 9.99. The number of hydrogen-bond acceptors (Lipinski definition) is 2. The third kappa shape index (κ3) is 2.84. The van der Waals surface area contributed by atoms with Crippen LogP contribution in [0.15, 0.2) is 61.7 Å². The van der Waals surface area contributed by atoms with Crippen LogP contribution in [0.25, 0.3) is 11.3 Å². The smallest absolute Gasteiger partial charge is 0.138 e. The van der Waals surface area contributed by atoms with Crippen molar-refractivity contribution in [2.45, 2.75) is 0 Å². The maximum Gasteiger partial charge on any atom is 0.138 e. The highest BCUT2D eigenvalue weighted by Crippen LogP contribution is 2.30. The third-order valence-corrected chi connectivity index (χ3v) is 3.72. The zero-order valence-electron chi connectivity index (χ0n) is 11.0. The topological polar surface area (TPSA) is 30.7 Å². The molecule has 0 unspecified atom stereocenters. The van der Waals surface area contributed by atoms with Gasteiger partial charge < -0.3 is 0 Å². The molecular formula is C16H11Cl2N3. The van der Waals surface area contributed by atoms with Gasteiger partial charge in [0.15, 0.2) is 0 Å². The largest absolute Gasteiger partial charge is 0.223 e. The molecule has 0 amide bonds. The first-order valence-electron chi connectivity index (χ1n) is 6.25. The first-order valence-corrected chi connectivity index (χ1v) is 7.00. The van der Waals surface area contributed by atoms with E-state index < -0.39 is 0 Å². The maximum atomic E-state index is 6.21. The molecule has 0 atom stereocenters. The lowest BCUT2D eigenvalue weighted by Gasteiger charge is -2.10. The normalized spacial score (nSPS) is 10.6. The summed E-state index contributed by atoms with van der Waals surface area (Å²) in [6.07, 6.45) is 3.15. The summed E-state index contributed by atoms with van der Waals surface area (Å²) in [5.41, 5.74) is 3.56. The fraction of sp³-hybridized carbons (Fsp3) is 0. The SMILES string of the molecule is C=C(c1ccc(-n2cncn2)cc1)c1cc(Cl)ccc1Cl. The molecule has 1 aromatic heterocycles. The van der Waals surface area contributed by atoms with Crippen LogP contribution in [0.4, 0.5) is 0 Å². The standard InChI is InChI=1S/C16H11Cl2N3/c1-11(15-8-13(17)4-7-16(15)18)12-2-5-14(6-3-12)21-10-19-9-20-21/h2-10H,1H2. The van der Waals surface area contributed by atoms with Crippen molar-refractivity contribution in [3.63, 3.8) is 0 Å². The first-order chi connectivity index (χ1) is 10.1. The number of aromatic nitrogens is 3. The lowest BCUT2D eigenvalue weighted by Crippen LogP contribution is -1.95. The molecule has 5 heteroatoms. The van der Waals surface area contributed by atoms with E-state index in [1.54, 1.807) is 23.1 Å². The van der Waals surface area contributed by atoms with Gasteiger partial charge in [-0.1, -0.05) is 41.9 Å². The highest BCUT2D eigenvalue weighted by Gasteiger charge is 2.08. The summed E-state index contributed by atoms with van der Waals surface area (Å²) in [5, 5.41) is 5.35. The van der Waals surface area contributed by atoms with Crippen molar-refractivity contribution in [3.05, 3.63) is 82.9 Å². The molecule has 0 saturated heterocycles. The van der Waals surface area contributed by atoms with Gasteiger partial charge in [0.05, 0.1) is 5.69 Å². The van der Waals surface area contributed by atoms with Crippen LogP contribution < -0.4 is 0 Å². The lowest BCUT2D eigenvalue weighted by molar-refractivity contribution is 0.879. The summed E-state index contributed by atoms with van der Waals surface area (Å²) in [6, 6.07) is 13.2. The Morgan fingerprint density at radius 1 is 1.05 bits per heavy atom. The summed E-state index contributed by atoms with van der Waals surface area (Å²) in [4.78, 5) is 3.93. The van der Waals surface area contributed by atoms with E-state index in [9.17, 15) is 0 Å². The number of rotatable bonds is 3. The van der Waals surface area contributed by atoms with Crippen LogP contribution in [0.5, 0.6) is 0 Å². The Labute approximate surface area is 132 Å². The second kappa shape index (κ2) is 5.72. The van der Waals surface area contributed by atoms with Crippen molar-refractivity contribution in [1.29, 1.82) is 0 Å². The zero-order chi connectivity index (χ0) is 14.8. The van der Waals surface area contributed by atoms with Gasteiger partial charge in [0.2, 0.25) is 0 Å². The van der Waals surface area contributed by atoms with E-state index in [1.807, 2.05) is 30.3 Å². The Balaban J connectivity index is 1.93. The van der Waals surface area contributed by atoms with Gasteiger partial charge in [-0.3, -0.25) is 0 Å². The minimum absolute atomic E-state index is 0.629. The van der Waals surface area contributed by atoms with Gasteiger partial charge in [-0.25, -0.2) is 9.67 Å². The van der Waals surface area contributed by atoms with Crippen molar-refractivity contribution < 1.29 is 0 Å². The van der Waals surface area contributed by atoms with E-state index in [0.717, 1.165) is 22.4 Å². The van der Waals surface area contributed by atoms with Gasteiger partial charge in [0.1, 0.15) is 12.7 Å². The van der Waals surface area contributed by atoms with Gasteiger partial charge >= 0.3 is 0 Å². The summed E-state index contributed by atoms with van der Waals surface area (Å²) in [7, 11) is 0. The molecule has 0 N–H and O–H groups in total. The molecule has 3 rings (SSSR count). The van der Waals surface area contributed by atoms with Crippen LogP contribution in [-0.2, 0) is 0 Å². The van der Waals surface area contributed by atoms with Crippen molar-refractivity contribution in [1.82, 2.24) is 14.8 Å². The summed E-state index contributed by atoms with van der Waals surface area (Å²) >= 11 is 12.2. The molecular weight excluding hydrogens is 305 g/mol. The number of halogens is 2. The van der Waals surface area contributed by atoms with E-state index in [1.165, 1.54) is 6.33 Å². The van der Waals surface area contributed by atoms with E-state index >= 15 is 0 Å². The monoisotopic (exact) mass is 315 g/mol. The van der Waals surface area contributed by atoms with E-state index in [2.05, 4.69) is 16.7 Å². The second-order valence-electron chi connectivity index (χ2n) is 4.49. The maximum absolute atomic E-state index is 6.21. The number of nitrogens with zero attached hydrogens (tertiary/aromatic N) is 3. The Morgan fingerprint density at radius 3 is 2.48 bits per heavy atom. The molecule has 0 bridgehead atoms. The average molecular weight is 316 g/mol. The summed E-state index contributed by atoms with van der Waals surface area (Å²) in [5.74, 6) is 0. The fourth-order valence-electron chi connectivity index (χ4n) is 2.04. The predicted octanol–water partition coefficient (Wildman–Crippen LogP) is 4.64. The minimum Gasteiger partial charge on any atom is -0.223 e. The Bertz CT molecular complexity index is 778. The molecule has 2 aromatic carbocycles. The molecule has 0 spiro atoms. The van der Waals surface area contributed by atoms with E-state index in [0.29, 0.717) is 10.0 Å². The Hall–Kier alpha value is -2.10. The molecule has 3 aromatic rings. The van der Waals surface area contributed by atoms with Crippen molar-refractivity contribution in [2.75, 3.05) is 0 Å². The number of hydrogen-bond donors (Lipinski definition) is 0. The first kappa shape index (κ1) is 13.9. The van der Waals surface area contributed by atoms with Crippen LogP contribution >= 0.6 is 23.2 Å². The molecule has 104 valence electrons. The van der Waals surface area contributed by atoms with Gasteiger partial charge in [-0.15, -0.1) is 0 Å². The van der Waals surface area contributed by atoms with Crippen molar-refractivity contribution >= 4 is 28.8 Å². The van der Waals surface area contributed by atoms with Crippen molar-refractivity contribution in [2.24, 2.45) is 0 Å². The zero-order valence-corrected chi connectivity index (χ0v) is 12.5. The molecule has 21 heavy (non-hydrogen) atoms. The van der Waals surface area contributed by atoms with Gasteiger partial charge in [0, 0.05) is 15.6 Å². The highest BCUT2D eigenvalue weighted by molar-refractivity contribution is 6.34. The molecule has 0 radical (unpaired) electrons. The van der Waals surface area contributed by atoms with Crippen LogP contribution in [0.1, 0.15) is 11.1 Å². The van der Waals surface area contributed by atoms with E-state index in [-0.39, 0.29) is 0 Å². The van der Waals surface area contributed by atoms with Crippen molar-refractivity contribution in [3.8, 4) is 5.69 Å². The van der Waals surface area contributed by atoms with Gasteiger partial charge in [-0.2, -0.15) is 5.10 Å². The molecule has 0 fully saturated rings. The Kier molecular flexibility index (Phi) is 3.78. The average Bonchev–Trinajstić information content (AvgIpc) is 3.03. The number of benzene rings is 2. The predicted molar refractivity (Wildman–Crippen MR) is 86.0 cm³/mol. The Morgan fingerprint density at radius 2 is 1.81 bits per heavy atom. The van der Waals surface area contributed by atoms with E-state index in [4.69, 9.17) is 23.2 Å². The molecule has 0 aliphatic carbocycles. The second-order valence-corrected chi connectivity index (χ2v) is 5.33. The van der Waals surface area contributed by atoms with Crippen LogP contribution in [0, 0.1) is 0 Å². The van der Waals surface area contributed by atoms with Crippen LogP contribution in [0.2, 0.25) is 10.0 Å². The van der Waals surface area contributed by atoms with Gasteiger partial charge in [0.25, 0.3) is 0 Å². The summed E-state index contributed by atoms with van der Waals surface area (Å²) < 4.78 is 1.69. The molecule has 0 aliphatic heterocycles. The summed E-state index contributed by atoms with van der Waals surface area (Å²) in [6.45, 7) is 4.11. The minimum atomic E-state index is 0.629. The molecule has 0 aliphatic rings. The fourth-order valence-corrected chi connectivity index (χ4v) is 2.44. The van der Waals surface area contributed by atoms with Gasteiger partial charge in [-0.05, 0) is 41.5 Å². The highest BCUT2D eigenvalue weighted by atomic mass is 35.5. The van der Waals surface area contributed by atoms with Crippen LogP contribution in [0.3, 0.4) is 0 Å². The molecule has 1 heterocycles. The van der Waals surface area contributed by atoms with Crippen LogP contribution in [-0.4, -0.2) is 14.8 Å². The third-order valence-electron chi connectivity index (χ3n) is 3.15. The molecule has 0 saturated carbocycles. The quantitative estimate of drug-likeness (QED) is 0.705. The molecule has 3 nitrogen and oxygen atoms in total.